The van der Waals surface area contributed by atoms with Gasteiger partial charge in [0.25, 0.3) is 0 Å². The number of nitrogens with zero attached hydrogens (tertiary/aromatic N) is 1. The van der Waals surface area contributed by atoms with Crippen molar-refractivity contribution in [1.82, 2.24) is 10.4 Å². The summed E-state index contributed by atoms with van der Waals surface area (Å²) in [5.41, 5.74) is -0.685. The van der Waals surface area contributed by atoms with Crippen molar-refractivity contribution in [2.75, 3.05) is 13.2 Å². The minimum Gasteiger partial charge on any atom is -0.458 e. The van der Waals surface area contributed by atoms with Crippen LogP contribution in [0.3, 0.4) is 0 Å². The van der Waals surface area contributed by atoms with Gasteiger partial charge in [-0.3, -0.25) is 4.79 Å². The largest absolute Gasteiger partial charge is 0.458 e. The molecule has 9 nitrogen and oxygen atoms in total. The molecule has 0 heterocycles. The van der Waals surface area contributed by atoms with Gasteiger partial charge in [0.2, 0.25) is 5.54 Å². The molecule has 1 fully saturated rings. The molecule has 0 aromatic heterocycles. The summed E-state index contributed by atoms with van der Waals surface area (Å²) in [6, 6.07) is 0. The molecule has 0 unspecified atom stereocenters. The summed E-state index contributed by atoms with van der Waals surface area (Å²) in [6.45, 7) is 8.13. The van der Waals surface area contributed by atoms with Gasteiger partial charge < -0.3 is 14.2 Å². The third-order valence-electron chi connectivity index (χ3n) is 3.45. The maximum absolute atomic E-state index is 12.8. The second kappa shape index (κ2) is 8.17. The van der Waals surface area contributed by atoms with Crippen LogP contribution in [0.4, 0.5) is 9.59 Å². The molecule has 0 aromatic rings. The first-order valence-corrected chi connectivity index (χ1v) is 8.25. The highest BCUT2D eigenvalue weighted by molar-refractivity contribution is 6.12. The number of amides is 2. The Morgan fingerprint density at radius 2 is 1.76 bits per heavy atom. The summed E-state index contributed by atoms with van der Waals surface area (Å²) in [7, 11) is 0. The van der Waals surface area contributed by atoms with Crippen molar-refractivity contribution in [3.8, 4) is 0 Å². The molecule has 1 rings (SSSR count). The molecule has 0 radical (unpaired) electrons. The normalized spacial score (nSPS) is 20.0. The van der Waals surface area contributed by atoms with E-state index in [-0.39, 0.29) is 26.1 Å². The molecule has 25 heavy (non-hydrogen) atoms. The number of rotatable bonds is 4. The zero-order chi connectivity index (χ0) is 19.3. The lowest BCUT2D eigenvalue weighted by atomic mass is 9.95. The van der Waals surface area contributed by atoms with E-state index in [0.29, 0.717) is 11.4 Å². The Morgan fingerprint density at radius 3 is 2.20 bits per heavy atom. The van der Waals surface area contributed by atoms with E-state index in [4.69, 9.17) is 14.2 Å². The molecule has 1 aliphatic carbocycles. The Bertz CT molecular complexity index is 541. The Kier molecular flexibility index (Phi) is 6.78. The van der Waals surface area contributed by atoms with Gasteiger partial charge in [0.05, 0.1) is 13.2 Å². The van der Waals surface area contributed by atoms with E-state index < -0.39 is 35.1 Å². The Hall–Kier alpha value is -2.32. The third kappa shape index (κ3) is 4.83. The van der Waals surface area contributed by atoms with E-state index in [1.807, 2.05) is 0 Å². The number of carbonyl (C=O) groups excluding carboxylic acids is 4. The van der Waals surface area contributed by atoms with Gasteiger partial charge in [-0.2, -0.15) is 5.01 Å². The van der Waals surface area contributed by atoms with Crippen LogP contribution in [-0.2, 0) is 23.8 Å². The summed E-state index contributed by atoms with van der Waals surface area (Å²) in [6.07, 6.45) is -1.53. The SMILES string of the molecule is CCOC(=O)NN(C(=O)OCC)[C@]1(C(=O)OC(C)(C)C)CCCC1=O. The molecule has 9 heteroatoms. The van der Waals surface area contributed by atoms with Crippen LogP contribution >= 0.6 is 0 Å². The Balaban J connectivity index is 3.29. The van der Waals surface area contributed by atoms with Gasteiger partial charge in [0.1, 0.15) is 5.60 Å². The second-order valence-corrected chi connectivity index (χ2v) is 6.51. The van der Waals surface area contributed by atoms with Crippen LogP contribution < -0.4 is 5.43 Å². The summed E-state index contributed by atoms with van der Waals surface area (Å²) in [4.78, 5) is 49.6. The molecule has 0 aliphatic heterocycles. The van der Waals surface area contributed by atoms with Gasteiger partial charge in [0, 0.05) is 6.42 Å². The average Bonchev–Trinajstić information content (AvgIpc) is 2.86. The van der Waals surface area contributed by atoms with Gasteiger partial charge in [-0.1, -0.05) is 0 Å². The molecular formula is C16H26N2O7. The lowest BCUT2D eigenvalue weighted by Crippen LogP contribution is -2.67. The summed E-state index contributed by atoms with van der Waals surface area (Å²) < 4.78 is 15.0. The molecule has 0 aromatic carbocycles. The fourth-order valence-electron chi connectivity index (χ4n) is 2.50. The van der Waals surface area contributed by atoms with Crippen LogP contribution in [0.1, 0.15) is 53.9 Å². The zero-order valence-corrected chi connectivity index (χ0v) is 15.3. The van der Waals surface area contributed by atoms with Gasteiger partial charge in [-0.15, -0.1) is 0 Å². The molecule has 1 N–H and O–H groups in total. The van der Waals surface area contributed by atoms with E-state index in [0.717, 1.165) is 0 Å². The number of carbonyl (C=O) groups is 4. The number of esters is 1. The minimum atomic E-state index is -1.97. The lowest BCUT2D eigenvalue weighted by Gasteiger charge is -2.37. The first kappa shape index (κ1) is 20.7. The number of hydrazine groups is 1. The van der Waals surface area contributed by atoms with Gasteiger partial charge >= 0.3 is 18.2 Å². The van der Waals surface area contributed by atoms with Crippen LogP contribution in [0, 0.1) is 0 Å². The molecule has 142 valence electrons. The fourth-order valence-corrected chi connectivity index (χ4v) is 2.50. The van der Waals surface area contributed by atoms with Crippen LogP contribution in [0.15, 0.2) is 0 Å². The number of Topliss-reactive ketones (excluding diaryl/α,β-unsaturated/α-hetero) is 1. The van der Waals surface area contributed by atoms with E-state index in [1.54, 1.807) is 34.6 Å². The van der Waals surface area contributed by atoms with Crippen molar-refractivity contribution in [3.63, 3.8) is 0 Å². The lowest BCUT2D eigenvalue weighted by molar-refractivity contribution is -0.172. The summed E-state index contributed by atoms with van der Waals surface area (Å²) in [5, 5.41) is 0.609. The molecule has 1 saturated carbocycles. The average molecular weight is 358 g/mol. The molecule has 1 atom stereocenters. The maximum Gasteiger partial charge on any atom is 0.430 e. The zero-order valence-electron chi connectivity index (χ0n) is 15.3. The molecular weight excluding hydrogens is 332 g/mol. The summed E-state index contributed by atoms with van der Waals surface area (Å²) in [5.74, 6) is -1.43. The topological polar surface area (TPSA) is 111 Å². The molecule has 0 spiro atoms. The molecule has 0 bridgehead atoms. The van der Waals surface area contributed by atoms with Gasteiger partial charge in [-0.05, 0) is 47.5 Å². The second-order valence-electron chi connectivity index (χ2n) is 6.51. The van der Waals surface area contributed by atoms with Crippen molar-refractivity contribution >= 4 is 23.9 Å². The third-order valence-corrected chi connectivity index (χ3v) is 3.45. The number of ether oxygens (including phenoxy) is 3. The smallest absolute Gasteiger partial charge is 0.430 e. The van der Waals surface area contributed by atoms with Crippen LogP contribution in [-0.4, -0.2) is 53.3 Å². The van der Waals surface area contributed by atoms with Crippen molar-refractivity contribution in [2.45, 2.75) is 65.0 Å². The van der Waals surface area contributed by atoms with Gasteiger partial charge in [-0.25, -0.2) is 19.8 Å². The molecule has 0 saturated heterocycles. The Morgan fingerprint density at radius 1 is 1.16 bits per heavy atom. The first-order valence-electron chi connectivity index (χ1n) is 8.25. The van der Waals surface area contributed by atoms with Crippen molar-refractivity contribution < 1.29 is 33.4 Å². The van der Waals surface area contributed by atoms with Crippen LogP contribution in [0.25, 0.3) is 0 Å². The number of nitrogens with one attached hydrogen (secondary N) is 1. The van der Waals surface area contributed by atoms with E-state index in [9.17, 15) is 19.2 Å². The van der Waals surface area contributed by atoms with E-state index >= 15 is 0 Å². The summed E-state index contributed by atoms with van der Waals surface area (Å²) >= 11 is 0. The van der Waals surface area contributed by atoms with Crippen molar-refractivity contribution in [3.05, 3.63) is 0 Å². The number of hydrogen-bond donors (Lipinski definition) is 1. The van der Waals surface area contributed by atoms with Crippen LogP contribution in [0.2, 0.25) is 0 Å². The molecule has 1 aliphatic rings. The van der Waals surface area contributed by atoms with Crippen LogP contribution in [0.5, 0.6) is 0 Å². The monoisotopic (exact) mass is 358 g/mol. The number of ketones is 1. The minimum absolute atomic E-state index is 0.00156. The standard InChI is InChI=1S/C16H26N2O7/c1-6-23-13(21)17-18(14(22)24-7-2)16(10-8-9-11(16)19)12(20)25-15(3,4)5/h6-10H2,1-5H3,(H,17,21)/t16-/m1/s1. The van der Waals surface area contributed by atoms with E-state index in [1.165, 1.54) is 0 Å². The Labute approximate surface area is 146 Å². The number of hydrogen-bond acceptors (Lipinski definition) is 7. The first-order chi connectivity index (χ1) is 11.6. The highest BCUT2D eigenvalue weighted by Gasteiger charge is 2.58. The van der Waals surface area contributed by atoms with Gasteiger partial charge in [0.15, 0.2) is 5.78 Å². The fraction of sp³-hybridized carbons (Fsp3) is 0.750. The van der Waals surface area contributed by atoms with Crippen molar-refractivity contribution in [2.24, 2.45) is 0 Å². The predicted octanol–water partition coefficient (Wildman–Crippen LogP) is 1.94. The highest BCUT2D eigenvalue weighted by atomic mass is 16.6. The highest BCUT2D eigenvalue weighted by Crippen LogP contribution is 2.34. The maximum atomic E-state index is 12.8. The molecule has 2 amide bonds. The quantitative estimate of drug-likeness (QED) is 0.354. The predicted molar refractivity (Wildman–Crippen MR) is 86.5 cm³/mol. The van der Waals surface area contributed by atoms with E-state index in [2.05, 4.69) is 5.43 Å². The van der Waals surface area contributed by atoms with Crippen molar-refractivity contribution in [1.29, 1.82) is 0 Å².